The number of fused-ring (bicyclic) bond motifs is 1. The van der Waals surface area contributed by atoms with Crippen molar-refractivity contribution in [3.8, 4) is 17.0 Å². The molecule has 0 N–H and O–H groups in total. The number of pyridine rings is 1. The average molecular weight is 342 g/mol. The number of rotatable bonds is 3. The van der Waals surface area contributed by atoms with E-state index in [0.29, 0.717) is 16.9 Å². The van der Waals surface area contributed by atoms with E-state index in [2.05, 4.69) is 9.17 Å². The minimum atomic E-state index is -5.67. The number of aromatic nitrogens is 2. The smallest absolute Gasteiger partial charge is 0.376 e. The minimum Gasteiger partial charge on any atom is -0.376 e. The van der Waals surface area contributed by atoms with Crippen LogP contribution in [0.1, 0.15) is 0 Å². The largest absolute Gasteiger partial charge is 0.534 e. The van der Waals surface area contributed by atoms with Gasteiger partial charge in [-0.1, -0.05) is 6.07 Å². The first-order valence-electron chi connectivity index (χ1n) is 6.31. The summed E-state index contributed by atoms with van der Waals surface area (Å²) in [6, 6.07) is 10.7. The van der Waals surface area contributed by atoms with Crippen LogP contribution < -0.4 is 4.18 Å². The maximum atomic E-state index is 12.3. The molecule has 0 bridgehead atoms. The minimum absolute atomic E-state index is 0.417. The summed E-state index contributed by atoms with van der Waals surface area (Å²) in [5.41, 5.74) is -3.39. The van der Waals surface area contributed by atoms with Gasteiger partial charge in [-0.05, 0) is 36.4 Å². The Labute approximate surface area is 129 Å². The number of benzene rings is 1. The predicted molar refractivity (Wildman–Crippen MR) is 76.2 cm³/mol. The standard InChI is InChI=1S/C14H9F3N2O3S/c15-14(16,17)23(20,21)22-11-6-4-10(5-7-11)12-9-18-13-3-1-2-8-19(12)13/h1-9H. The van der Waals surface area contributed by atoms with E-state index in [0.717, 1.165) is 12.1 Å². The van der Waals surface area contributed by atoms with Gasteiger partial charge in [0.25, 0.3) is 0 Å². The van der Waals surface area contributed by atoms with Crippen molar-refractivity contribution in [2.24, 2.45) is 0 Å². The van der Waals surface area contributed by atoms with Crippen molar-refractivity contribution >= 4 is 15.8 Å². The second-order valence-corrected chi connectivity index (χ2v) is 6.12. The first-order valence-corrected chi connectivity index (χ1v) is 7.72. The topological polar surface area (TPSA) is 60.7 Å². The third-order valence-corrected chi connectivity index (χ3v) is 4.04. The first kappa shape index (κ1) is 15.3. The van der Waals surface area contributed by atoms with Gasteiger partial charge in [0.2, 0.25) is 0 Å². The second-order valence-electron chi connectivity index (χ2n) is 4.58. The van der Waals surface area contributed by atoms with Crippen LogP contribution in [-0.4, -0.2) is 23.3 Å². The van der Waals surface area contributed by atoms with Crippen molar-refractivity contribution in [2.75, 3.05) is 0 Å². The fraction of sp³-hybridized carbons (Fsp3) is 0.0714. The number of hydrogen-bond donors (Lipinski definition) is 0. The second kappa shape index (κ2) is 5.27. The van der Waals surface area contributed by atoms with Crippen molar-refractivity contribution in [3.63, 3.8) is 0 Å². The van der Waals surface area contributed by atoms with Crippen LogP contribution in [0.3, 0.4) is 0 Å². The monoisotopic (exact) mass is 342 g/mol. The molecule has 0 radical (unpaired) electrons. The quantitative estimate of drug-likeness (QED) is 0.542. The molecule has 0 atom stereocenters. The Bertz CT molecular complexity index is 947. The van der Waals surface area contributed by atoms with Crippen LogP contribution in [0.5, 0.6) is 5.75 Å². The molecule has 3 aromatic rings. The number of hydrogen-bond acceptors (Lipinski definition) is 4. The zero-order valence-electron chi connectivity index (χ0n) is 11.4. The van der Waals surface area contributed by atoms with E-state index in [1.807, 2.05) is 12.1 Å². The molecule has 0 aliphatic carbocycles. The lowest BCUT2D eigenvalue weighted by molar-refractivity contribution is -0.0500. The summed E-state index contributed by atoms with van der Waals surface area (Å²) in [6.07, 6.45) is 3.40. The molecule has 0 saturated heterocycles. The zero-order valence-corrected chi connectivity index (χ0v) is 12.2. The first-order chi connectivity index (χ1) is 10.8. The number of halogens is 3. The highest BCUT2D eigenvalue weighted by Crippen LogP contribution is 2.28. The summed E-state index contributed by atoms with van der Waals surface area (Å²) in [7, 11) is -5.67. The molecule has 0 amide bonds. The lowest BCUT2D eigenvalue weighted by atomic mass is 10.1. The fourth-order valence-corrected chi connectivity index (χ4v) is 2.46. The van der Waals surface area contributed by atoms with Crippen molar-refractivity contribution in [1.29, 1.82) is 0 Å². The van der Waals surface area contributed by atoms with Gasteiger partial charge in [0.05, 0.1) is 11.9 Å². The van der Waals surface area contributed by atoms with Gasteiger partial charge >= 0.3 is 15.6 Å². The maximum Gasteiger partial charge on any atom is 0.534 e. The Kier molecular flexibility index (Phi) is 3.52. The highest BCUT2D eigenvalue weighted by atomic mass is 32.2. The summed E-state index contributed by atoms with van der Waals surface area (Å²) in [6.45, 7) is 0. The molecule has 0 aliphatic heterocycles. The normalized spacial score (nSPS) is 12.5. The van der Waals surface area contributed by atoms with E-state index in [1.54, 1.807) is 22.9 Å². The van der Waals surface area contributed by atoms with Crippen molar-refractivity contribution in [2.45, 2.75) is 5.51 Å². The van der Waals surface area contributed by atoms with E-state index in [4.69, 9.17) is 0 Å². The molecule has 120 valence electrons. The third-order valence-electron chi connectivity index (χ3n) is 3.06. The molecule has 0 aliphatic rings. The summed E-state index contributed by atoms with van der Waals surface area (Å²) < 4.78 is 64.6. The van der Waals surface area contributed by atoms with E-state index >= 15 is 0 Å². The molecule has 5 nitrogen and oxygen atoms in total. The highest BCUT2D eigenvalue weighted by molar-refractivity contribution is 7.88. The summed E-state index contributed by atoms with van der Waals surface area (Å²) in [5.74, 6) is -0.417. The molecule has 23 heavy (non-hydrogen) atoms. The van der Waals surface area contributed by atoms with Crippen LogP contribution in [0.4, 0.5) is 13.2 Å². The molecule has 2 aromatic heterocycles. The summed E-state index contributed by atoms with van der Waals surface area (Å²) in [4.78, 5) is 4.20. The van der Waals surface area contributed by atoms with Crippen molar-refractivity contribution < 1.29 is 25.8 Å². The Morgan fingerprint density at radius 2 is 1.74 bits per heavy atom. The molecule has 3 rings (SSSR count). The van der Waals surface area contributed by atoms with Crippen LogP contribution in [0.2, 0.25) is 0 Å². The van der Waals surface area contributed by atoms with Crippen molar-refractivity contribution in [3.05, 3.63) is 54.9 Å². The molecule has 0 spiro atoms. The van der Waals surface area contributed by atoms with Gasteiger partial charge in [-0.2, -0.15) is 21.6 Å². The number of imidazole rings is 1. The molecular formula is C14H9F3N2O3S. The Morgan fingerprint density at radius 1 is 1.04 bits per heavy atom. The lowest BCUT2D eigenvalue weighted by Gasteiger charge is -2.09. The Balaban J connectivity index is 1.91. The van der Waals surface area contributed by atoms with Gasteiger partial charge < -0.3 is 4.18 Å². The third kappa shape index (κ3) is 2.87. The molecule has 0 saturated carbocycles. The molecular weight excluding hydrogens is 333 g/mol. The number of alkyl halides is 3. The van der Waals surface area contributed by atoms with E-state index in [9.17, 15) is 21.6 Å². The summed E-state index contributed by atoms with van der Waals surface area (Å²) >= 11 is 0. The van der Waals surface area contributed by atoms with E-state index in [1.165, 1.54) is 12.1 Å². The van der Waals surface area contributed by atoms with E-state index in [-0.39, 0.29) is 0 Å². The molecule has 1 aromatic carbocycles. The van der Waals surface area contributed by atoms with Gasteiger partial charge in [-0.3, -0.25) is 4.40 Å². The zero-order chi connectivity index (χ0) is 16.7. The molecule has 0 unspecified atom stereocenters. The van der Waals surface area contributed by atoms with Gasteiger partial charge in [-0.15, -0.1) is 0 Å². The average Bonchev–Trinajstić information content (AvgIpc) is 2.90. The van der Waals surface area contributed by atoms with E-state index < -0.39 is 21.4 Å². The Hall–Kier alpha value is -2.55. The van der Waals surface area contributed by atoms with Gasteiger partial charge in [-0.25, -0.2) is 4.98 Å². The highest BCUT2D eigenvalue weighted by Gasteiger charge is 2.48. The lowest BCUT2D eigenvalue weighted by Crippen LogP contribution is -2.28. The summed E-state index contributed by atoms with van der Waals surface area (Å²) in [5, 5.41) is 0. The van der Waals surface area contributed by atoms with Gasteiger partial charge in [0, 0.05) is 11.8 Å². The fourth-order valence-electron chi connectivity index (χ4n) is 2.00. The van der Waals surface area contributed by atoms with Crippen LogP contribution >= 0.6 is 0 Å². The maximum absolute atomic E-state index is 12.3. The number of nitrogens with zero attached hydrogens (tertiary/aromatic N) is 2. The molecule has 0 fully saturated rings. The SMILES string of the molecule is O=S(=O)(Oc1ccc(-c2cnc3ccccn23)cc1)C(F)(F)F. The van der Waals surface area contributed by atoms with Crippen LogP contribution in [-0.2, 0) is 10.1 Å². The Morgan fingerprint density at radius 3 is 2.39 bits per heavy atom. The molecule has 2 heterocycles. The van der Waals surface area contributed by atoms with Gasteiger partial charge in [0.15, 0.2) is 0 Å². The van der Waals surface area contributed by atoms with Crippen molar-refractivity contribution in [1.82, 2.24) is 9.38 Å². The predicted octanol–water partition coefficient (Wildman–Crippen LogP) is 3.23. The van der Waals surface area contributed by atoms with Crippen LogP contribution in [0, 0.1) is 0 Å². The van der Waals surface area contributed by atoms with Crippen LogP contribution in [0.15, 0.2) is 54.9 Å². The molecule has 9 heteroatoms. The van der Waals surface area contributed by atoms with Crippen LogP contribution in [0.25, 0.3) is 16.9 Å². The van der Waals surface area contributed by atoms with Gasteiger partial charge in [0.1, 0.15) is 11.4 Å².